The van der Waals surface area contributed by atoms with Crippen LogP contribution in [0.4, 0.5) is 0 Å². The summed E-state index contributed by atoms with van der Waals surface area (Å²) in [5, 5.41) is 0. The molecule has 0 fully saturated rings. The molecule has 94 valence electrons. The number of rotatable bonds is 5. The van der Waals surface area contributed by atoms with Crippen LogP contribution in [0, 0.1) is 0 Å². The van der Waals surface area contributed by atoms with E-state index in [2.05, 4.69) is 0 Å². The van der Waals surface area contributed by atoms with Crippen molar-refractivity contribution in [2.45, 2.75) is 24.7 Å². The number of benzene rings is 1. The molecule has 0 saturated carbocycles. The van der Waals surface area contributed by atoms with Crippen molar-refractivity contribution in [2.75, 3.05) is 6.61 Å². The van der Waals surface area contributed by atoms with Crippen LogP contribution < -0.4 is 0 Å². The molecule has 1 N–H and O–H groups in total. The highest BCUT2D eigenvalue weighted by atomic mass is 32.2. The van der Waals surface area contributed by atoms with Gasteiger partial charge in [0.25, 0.3) is 10.1 Å². The topological polar surface area (TPSA) is 80.7 Å². The highest BCUT2D eigenvalue weighted by Gasteiger charge is 2.20. The lowest BCUT2D eigenvalue weighted by atomic mass is 10.2. The van der Waals surface area contributed by atoms with Gasteiger partial charge >= 0.3 is 5.97 Å². The van der Waals surface area contributed by atoms with Gasteiger partial charge in [-0.25, -0.2) is 4.79 Å². The maximum Gasteiger partial charge on any atom is 0.339 e. The van der Waals surface area contributed by atoms with Gasteiger partial charge in [0.2, 0.25) is 0 Å². The Labute approximate surface area is 100 Å². The maximum absolute atomic E-state index is 11.6. The van der Waals surface area contributed by atoms with Gasteiger partial charge in [-0.3, -0.25) is 4.55 Å². The monoisotopic (exact) mass is 258 g/mol. The zero-order valence-corrected chi connectivity index (χ0v) is 10.2. The highest BCUT2D eigenvalue weighted by molar-refractivity contribution is 7.86. The minimum atomic E-state index is -4.41. The van der Waals surface area contributed by atoms with Gasteiger partial charge in [0.15, 0.2) is 0 Å². The maximum atomic E-state index is 11.6. The van der Waals surface area contributed by atoms with Crippen molar-refractivity contribution in [1.82, 2.24) is 0 Å². The number of carbonyl (C=O) groups excluding carboxylic acids is 1. The summed E-state index contributed by atoms with van der Waals surface area (Å²) >= 11 is 0. The lowest BCUT2D eigenvalue weighted by molar-refractivity contribution is 0.0495. The van der Waals surface area contributed by atoms with Crippen molar-refractivity contribution in [3.05, 3.63) is 29.8 Å². The molecule has 17 heavy (non-hydrogen) atoms. The summed E-state index contributed by atoms with van der Waals surface area (Å²) in [6.07, 6.45) is 1.58. The zero-order chi connectivity index (χ0) is 12.9. The normalized spacial score (nSPS) is 11.2. The fourth-order valence-electron chi connectivity index (χ4n) is 1.25. The Bertz CT molecular complexity index is 492. The van der Waals surface area contributed by atoms with E-state index in [4.69, 9.17) is 9.29 Å². The summed E-state index contributed by atoms with van der Waals surface area (Å²) in [6, 6.07) is 5.39. The predicted molar refractivity (Wildman–Crippen MR) is 61.4 cm³/mol. The van der Waals surface area contributed by atoms with Crippen molar-refractivity contribution >= 4 is 16.1 Å². The van der Waals surface area contributed by atoms with Gasteiger partial charge in [-0.05, 0) is 18.6 Å². The molecule has 0 atom stereocenters. The summed E-state index contributed by atoms with van der Waals surface area (Å²) < 4.78 is 35.9. The summed E-state index contributed by atoms with van der Waals surface area (Å²) in [6.45, 7) is 2.18. The van der Waals surface area contributed by atoms with Crippen LogP contribution in [0.3, 0.4) is 0 Å². The second-order valence-corrected chi connectivity index (χ2v) is 4.85. The van der Waals surface area contributed by atoms with E-state index >= 15 is 0 Å². The molecule has 0 heterocycles. The van der Waals surface area contributed by atoms with Crippen LogP contribution in [0.5, 0.6) is 0 Å². The molecular formula is C11H14O5S. The van der Waals surface area contributed by atoms with E-state index in [1.165, 1.54) is 18.2 Å². The molecule has 1 aromatic carbocycles. The molecular weight excluding hydrogens is 244 g/mol. The highest BCUT2D eigenvalue weighted by Crippen LogP contribution is 2.16. The van der Waals surface area contributed by atoms with Crippen molar-refractivity contribution < 1.29 is 22.5 Å². The fourth-order valence-corrected chi connectivity index (χ4v) is 1.93. The first-order valence-electron chi connectivity index (χ1n) is 5.20. The van der Waals surface area contributed by atoms with Gasteiger partial charge in [-0.15, -0.1) is 0 Å². The standard InChI is InChI=1S/C11H14O5S/c1-2-3-8-16-11(12)9-6-4-5-7-10(9)17(13,14)15/h4-7H,2-3,8H2,1H3,(H,13,14,15). The van der Waals surface area contributed by atoms with Crippen molar-refractivity contribution in [1.29, 1.82) is 0 Å². The van der Waals surface area contributed by atoms with E-state index < -0.39 is 21.0 Å². The molecule has 6 heteroatoms. The SMILES string of the molecule is CCCCOC(=O)c1ccccc1S(=O)(=O)O. The number of ether oxygens (including phenoxy) is 1. The second kappa shape index (κ2) is 5.79. The van der Waals surface area contributed by atoms with Gasteiger partial charge in [0, 0.05) is 0 Å². The number of hydrogen-bond donors (Lipinski definition) is 1. The van der Waals surface area contributed by atoms with E-state index in [1.807, 2.05) is 6.92 Å². The minimum Gasteiger partial charge on any atom is -0.462 e. The van der Waals surface area contributed by atoms with Crippen LogP contribution in [0.25, 0.3) is 0 Å². The first kappa shape index (κ1) is 13.7. The first-order valence-corrected chi connectivity index (χ1v) is 6.64. The van der Waals surface area contributed by atoms with Crippen LogP contribution in [-0.2, 0) is 14.9 Å². The van der Waals surface area contributed by atoms with E-state index in [0.717, 1.165) is 12.5 Å². The fraction of sp³-hybridized carbons (Fsp3) is 0.364. The van der Waals surface area contributed by atoms with Crippen LogP contribution in [0.1, 0.15) is 30.1 Å². The smallest absolute Gasteiger partial charge is 0.339 e. The number of hydrogen-bond acceptors (Lipinski definition) is 4. The molecule has 0 spiro atoms. The Hall–Kier alpha value is -1.40. The minimum absolute atomic E-state index is 0.147. The molecule has 0 aliphatic carbocycles. The molecule has 1 aromatic rings. The first-order chi connectivity index (χ1) is 7.96. The van der Waals surface area contributed by atoms with Gasteiger partial charge in [0.1, 0.15) is 4.90 Å². The average Bonchev–Trinajstić information content (AvgIpc) is 2.28. The van der Waals surface area contributed by atoms with Crippen LogP contribution in [-0.4, -0.2) is 25.5 Å². The van der Waals surface area contributed by atoms with E-state index in [1.54, 1.807) is 0 Å². The van der Waals surface area contributed by atoms with Gasteiger partial charge in [0.05, 0.1) is 12.2 Å². The average molecular weight is 258 g/mol. The Morgan fingerprint density at radius 2 is 2.00 bits per heavy atom. The molecule has 5 nitrogen and oxygen atoms in total. The predicted octanol–water partition coefficient (Wildman–Crippen LogP) is 1.89. The number of esters is 1. The van der Waals surface area contributed by atoms with Gasteiger partial charge in [-0.1, -0.05) is 25.5 Å². The van der Waals surface area contributed by atoms with E-state index in [-0.39, 0.29) is 12.2 Å². The van der Waals surface area contributed by atoms with Crippen molar-refractivity contribution in [3.63, 3.8) is 0 Å². The molecule has 0 saturated heterocycles. The van der Waals surface area contributed by atoms with Gasteiger partial charge < -0.3 is 4.74 Å². The molecule has 0 radical (unpaired) electrons. The molecule has 0 unspecified atom stereocenters. The number of unbranched alkanes of at least 4 members (excludes halogenated alkanes) is 1. The van der Waals surface area contributed by atoms with Crippen LogP contribution in [0.15, 0.2) is 29.2 Å². The largest absolute Gasteiger partial charge is 0.462 e. The molecule has 0 aliphatic heterocycles. The Balaban J connectivity index is 2.94. The third kappa shape index (κ3) is 3.83. The van der Waals surface area contributed by atoms with E-state index in [9.17, 15) is 13.2 Å². The third-order valence-corrected chi connectivity index (χ3v) is 3.03. The summed E-state index contributed by atoms with van der Waals surface area (Å²) in [4.78, 5) is 11.2. The second-order valence-electron chi connectivity index (χ2n) is 3.46. The summed E-state index contributed by atoms with van der Waals surface area (Å²) in [7, 11) is -4.41. The zero-order valence-electron chi connectivity index (χ0n) is 9.42. The summed E-state index contributed by atoms with van der Waals surface area (Å²) in [5.74, 6) is -0.744. The van der Waals surface area contributed by atoms with Crippen molar-refractivity contribution in [3.8, 4) is 0 Å². The lowest BCUT2D eigenvalue weighted by Gasteiger charge is -2.06. The Kier molecular flexibility index (Phi) is 4.65. The van der Waals surface area contributed by atoms with Crippen LogP contribution in [0.2, 0.25) is 0 Å². The summed E-state index contributed by atoms with van der Waals surface area (Å²) in [5.41, 5.74) is -0.147. The van der Waals surface area contributed by atoms with Crippen LogP contribution >= 0.6 is 0 Å². The van der Waals surface area contributed by atoms with Crippen molar-refractivity contribution in [2.24, 2.45) is 0 Å². The molecule has 0 bridgehead atoms. The molecule has 0 aliphatic rings. The molecule has 0 amide bonds. The van der Waals surface area contributed by atoms with E-state index in [0.29, 0.717) is 6.42 Å². The quantitative estimate of drug-likeness (QED) is 0.495. The lowest BCUT2D eigenvalue weighted by Crippen LogP contribution is -2.12. The number of carbonyl (C=O) groups is 1. The van der Waals surface area contributed by atoms with Gasteiger partial charge in [-0.2, -0.15) is 8.42 Å². The molecule has 0 aromatic heterocycles. The Morgan fingerprint density at radius 3 is 2.59 bits per heavy atom. The molecule has 1 rings (SSSR count). The Morgan fingerprint density at radius 1 is 1.35 bits per heavy atom. The third-order valence-electron chi connectivity index (χ3n) is 2.12.